The Labute approximate surface area is 275 Å². The summed E-state index contributed by atoms with van der Waals surface area (Å²) in [5, 5.41) is 7.85. The number of alkyl carbamates (subject to hydrolysis) is 2. The van der Waals surface area contributed by atoms with E-state index in [-0.39, 0.29) is 12.5 Å². The van der Waals surface area contributed by atoms with Gasteiger partial charge in [0.25, 0.3) is 0 Å². The number of nitrogens with one attached hydrogen (secondary N) is 3. The van der Waals surface area contributed by atoms with E-state index in [4.69, 9.17) is 18.9 Å². The first-order valence-corrected chi connectivity index (χ1v) is 15.5. The van der Waals surface area contributed by atoms with Gasteiger partial charge in [-0.1, -0.05) is 48.5 Å². The lowest BCUT2D eigenvalue weighted by Crippen LogP contribution is -2.46. The lowest BCUT2D eigenvalue weighted by Gasteiger charge is -2.23. The van der Waals surface area contributed by atoms with E-state index in [2.05, 4.69) is 16.0 Å². The van der Waals surface area contributed by atoms with E-state index in [1.165, 1.54) is 0 Å². The van der Waals surface area contributed by atoms with Crippen LogP contribution in [0.4, 0.5) is 15.3 Å². The highest BCUT2D eigenvalue weighted by atomic mass is 16.6. The number of carbonyl (C=O) groups excluding carboxylic acids is 4. The molecule has 3 aromatic carbocycles. The fourth-order valence-electron chi connectivity index (χ4n) is 5.09. The van der Waals surface area contributed by atoms with E-state index < -0.39 is 54.0 Å². The Kier molecular flexibility index (Phi) is 10.8. The summed E-state index contributed by atoms with van der Waals surface area (Å²) in [5.41, 5.74) is 3.23. The Hall–Kier alpha value is -5.06. The molecule has 0 radical (unpaired) electrons. The Morgan fingerprint density at radius 3 is 1.83 bits per heavy atom. The summed E-state index contributed by atoms with van der Waals surface area (Å²) >= 11 is 0. The number of ether oxygens (including phenoxy) is 4. The first-order chi connectivity index (χ1) is 22.1. The summed E-state index contributed by atoms with van der Waals surface area (Å²) in [7, 11) is 0. The van der Waals surface area contributed by atoms with Gasteiger partial charge in [0.15, 0.2) is 6.23 Å². The van der Waals surface area contributed by atoms with Crippen LogP contribution in [0.5, 0.6) is 5.75 Å². The lowest BCUT2D eigenvalue weighted by molar-refractivity contribution is -0.156. The topological polar surface area (TPSA) is 141 Å². The van der Waals surface area contributed by atoms with Crippen LogP contribution < -0.4 is 20.7 Å². The summed E-state index contributed by atoms with van der Waals surface area (Å²) in [6, 6.07) is 21.0. The van der Waals surface area contributed by atoms with Gasteiger partial charge in [0.1, 0.15) is 29.6 Å². The van der Waals surface area contributed by atoms with Crippen molar-refractivity contribution in [1.29, 1.82) is 0 Å². The normalized spacial score (nSPS) is 13.7. The maximum atomic E-state index is 13.4. The van der Waals surface area contributed by atoms with Crippen molar-refractivity contribution >= 4 is 29.8 Å². The summed E-state index contributed by atoms with van der Waals surface area (Å²) < 4.78 is 22.0. The molecule has 11 nitrogen and oxygen atoms in total. The maximum Gasteiger partial charge on any atom is 0.410 e. The Bertz CT molecular complexity index is 1550. The van der Waals surface area contributed by atoms with Gasteiger partial charge >= 0.3 is 18.2 Å². The molecule has 0 heterocycles. The molecule has 3 amide bonds. The third kappa shape index (κ3) is 10.2. The second kappa shape index (κ2) is 14.6. The van der Waals surface area contributed by atoms with Gasteiger partial charge in [0.2, 0.25) is 5.91 Å². The van der Waals surface area contributed by atoms with Crippen LogP contribution in [0.1, 0.15) is 71.9 Å². The zero-order chi connectivity index (χ0) is 34.4. The molecule has 1 aliphatic carbocycles. The molecule has 2 unspecified atom stereocenters. The zero-order valence-electron chi connectivity index (χ0n) is 27.8. The van der Waals surface area contributed by atoms with Crippen LogP contribution in [0, 0.1) is 0 Å². The first-order valence-electron chi connectivity index (χ1n) is 15.5. The second-order valence-electron chi connectivity index (χ2n) is 13.2. The molecular weight excluding hydrogens is 602 g/mol. The van der Waals surface area contributed by atoms with Crippen molar-refractivity contribution in [2.24, 2.45) is 0 Å². The minimum absolute atomic E-state index is 0.0449. The Balaban J connectivity index is 1.38. The molecule has 250 valence electrons. The van der Waals surface area contributed by atoms with E-state index >= 15 is 0 Å². The fraction of sp³-hybridized carbons (Fsp3) is 0.389. The SMILES string of the molecule is CC(NC(=O)OC(C)(C)C)Oc1ccc(NC(=O)C(CC(=O)OC(C)(C)C)NC(=O)OCC2c3ccccc3-c3ccccc32)cc1. The molecule has 1 aliphatic rings. The van der Waals surface area contributed by atoms with Gasteiger partial charge in [-0.15, -0.1) is 0 Å². The average molecular weight is 646 g/mol. The van der Waals surface area contributed by atoms with Crippen LogP contribution in [-0.2, 0) is 23.8 Å². The molecule has 0 aromatic heterocycles. The smallest absolute Gasteiger partial charge is 0.410 e. The molecule has 0 saturated carbocycles. The molecule has 47 heavy (non-hydrogen) atoms. The van der Waals surface area contributed by atoms with Crippen LogP contribution in [0.25, 0.3) is 11.1 Å². The summed E-state index contributed by atoms with van der Waals surface area (Å²) in [4.78, 5) is 51.1. The van der Waals surface area contributed by atoms with E-state index in [9.17, 15) is 19.2 Å². The van der Waals surface area contributed by atoms with Gasteiger partial charge < -0.3 is 29.6 Å². The monoisotopic (exact) mass is 645 g/mol. The van der Waals surface area contributed by atoms with Gasteiger partial charge in [-0.3, -0.25) is 14.9 Å². The number of hydrogen-bond donors (Lipinski definition) is 3. The Morgan fingerprint density at radius 2 is 1.28 bits per heavy atom. The van der Waals surface area contributed by atoms with Crippen LogP contribution in [0.15, 0.2) is 72.8 Å². The first kappa shape index (κ1) is 34.8. The third-order valence-corrected chi connectivity index (χ3v) is 6.90. The van der Waals surface area contributed by atoms with Crippen molar-refractivity contribution in [1.82, 2.24) is 10.6 Å². The average Bonchev–Trinajstić information content (AvgIpc) is 3.28. The van der Waals surface area contributed by atoms with Crippen molar-refractivity contribution in [2.45, 2.75) is 84.3 Å². The molecule has 3 aromatic rings. The molecule has 3 N–H and O–H groups in total. The molecule has 11 heteroatoms. The van der Waals surface area contributed by atoms with Crippen LogP contribution in [-0.4, -0.2) is 54.1 Å². The lowest BCUT2D eigenvalue weighted by atomic mass is 9.98. The minimum atomic E-state index is -1.28. The highest BCUT2D eigenvalue weighted by Crippen LogP contribution is 2.44. The van der Waals surface area contributed by atoms with Gasteiger partial charge in [-0.25, -0.2) is 9.59 Å². The number of fused-ring (bicyclic) bond motifs is 3. The molecule has 4 rings (SSSR count). The highest BCUT2D eigenvalue weighted by Gasteiger charge is 2.31. The van der Waals surface area contributed by atoms with Crippen molar-refractivity contribution in [3.63, 3.8) is 0 Å². The van der Waals surface area contributed by atoms with E-state index in [1.54, 1.807) is 72.7 Å². The van der Waals surface area contributed by atoms with Gasteiger partial charge in [0, 0.05) is 11.6 Å². The van der Waals surface area contributed by atoms with Crippen molar-refractivity contribution < 1.29 is 38.1 Å². The number of carbonyl (C=O) groups is 4. The van der Waals surface area contributed by atoms with Gasteiger partial charge in [-0.2, -0.15) is 0 Å². The quantitative estimate of drug-likeness (QED) is 0.129. The molecule has 0 fully saturated rings. The molecular formula is C36H43N3O8. The van der Waals surface area contributed by atoms with Crippen molar-refractivity contribution in [2.75, 3.05) is 11.9 Å². The number of hydrogen-bond acceptors (Lipinski definition) is 8. The van der Waals surface area contributed by atoms with E-state index in [0.29, 0.717) is 11.4 Å². The number of amides is 3. The van der Waals surface area contributed by atoms with Crippen molar-refractivity contribution in [3.05, 3.63) is 83.9 Å². The zero-order valence-corrected chi connectivity index (χ0v) is 27.8. The van der Waals surface area contributed by atoms with Gasteiger partial charge in [0.05, 0.1) is 6.42 Å². The summed E-state index contributed by atoms with van der Waals surface area (Å²) in [6.45, 7) is 12.1. The van der Waals surface area contributed by atoms with E-state index in [1.807, 2.05) is 48.5 Å². The van der Waals surface area contributed by atoms with Crippen molar-refractivity contribution in [3.8, 4) is 16.9 Å². The third-order valence-electron chi connectivity index (χ3n) is 6.90. The second-order valence-corrected chi connectivity index (χ2v) is 13.2. The number of esters is 1. The molecule has 0 saturated heterocycles. The molecule has 0 spiro atoms. The Morgan fingerprint density at radius 1 is 0.723 bits per heavy atom. The largest absolute Gasteiger partial charge is 0.471 e. The van der Waals surface area contributed by atoms with Crippen LogP contribution in [0.3, 0.4) is 0 Å². The highest BCUT2D eigenvalue weighted by molar-refractivity contribution is 5.98. The summed E-state index contributed by atoms with van der Waals surface area (Å²) in [5.74, 6) is -1.05. The van der Waals surface area contributed by atoms with Gasteiger partial charge in [-0.05, 0) is 95.0 Å². The van der Waals surface area contributed by atoms with Crippen LogP contribution in [0.2, 0.25) is 0 Å². The standard InChI is InChI=1S/C36H43N3O8/c1-22(37-34(43)47-36(5,6)7)45-24-18-16-23(17-19-24)38-32(41)30(20-31(40)46-35(2,3)4)39-33(42)44-21-29-27-14-10-8-12-25(27)26-13-9-11-15-28(26)29/h8-19,22,29-30H,20-21H2,1-7H3,(H,37,43)(H,38,41)(H,39,42). The summed E-state index contributed by atoms with van der Waals surface area (Å²) in [6.07, 6.45) is -2.56. The maximum absolute atomic E-state index is 13.4. The number of rotatable bonds is 10. The number of benzene rings is 3. The molecule has 0 bridgehead atoms. The molecule has 2 atom stereocenters. The minimum Gasteiger partial charge on any atom is -0.471 e. The molecule has 0 aliphatic heterocycles. The predicted molar refractivity (Wildman–Crippen MR) is 177 cm³/mol. The fourth-order valence-corrected chi connectivity index (χ4v) is 5.09. The number of anilines is 1. The predicted octanol–water partition coefficient (Wildman–Crippen LogP) is 6.51. The van der Waals surface area contributed by atoms with E-state index in [0.717, 1.165) is 22.3 Å². The van der Waals surface area contributed by atoms with Crippen LogP contribution >= 0.6 is 0 Å².